The third kappa shape index (κ3) is 3.94. The highest BCUT2D eigenvalue weighted by molar-refractivity contribution is 5.90. The molecule has 1 rings (SSSR count). The fourth-order valence-electron chi connectivity index (χ4n) is 1.82. The van der Waals surface area contributed by atoms with Crippen LogP contribution in [0.1, 0.15) is 34.1 Å². The van der Waals surface area contributed by atoms with Crippen LogP contribution in [0.3, 0.4) is 0 Å². The highest BCUT2D eigenvalue weighted by Crippen LogP contribution is 2.14. The molecule has 0 aromatic rings. The minimum Gasteiger partial charge on any atom is -0.354 e. The molecule has 0 spiro atoms. The first-order valence-corrected chi connectivity index (χ1v) is 6.47. The average Bonchev–Trinajstić information content (AvgIpc) is 2.72. The van der Waals surface area contributed by atoms with Crippen molar-refractivity contribution in [3.8, 4) is 0 Å². The first-order valence-electron chi connectivity index (χ1n) is 6.47. The Bertz CT molecular complexity index is 387. The normalized spacial score (nSPS) is 20.7. The van der Waals surface area contributed by atoms with Gasteiger partial charge in [-0.2, -0.15) is 0 Å². The van der Waals surface area contributed by atoms with E-state index in [0.717, 1.165) is 0 Å². The van der Waals surface area contributed by atoms with E-state index in [0.29, 0.717) is 13.0 Å². The zero-order valence-corrected chi connectivity index (χ0v) is 12.2. The molecule has 0 aliphatic carbocycles. The van der Waals surface area contributed by atoms with Crippen molar-refractivity contribution >= 4 is 17.7 Å². The first kappa shape index (κ1) is 15.5. The molecule has 0 saturated carbocycles. The smallest absolute Gasteiger partial charge is 0.244 e. The molecule has 0 bridgehead atoms. The molecule has 0 radical (unpaired) electrons. The minimum atomic E-state index is -0.590. The van der Waals surface area contributed by atoms with Crippen LogP contribution in [-0.4, -0.2) is 48.3 Å². The number of amides is 3. The van der Waals surface area contributed by atoms with E-state index in [2.05, 4.69) is 10.6 Å². The van der Waals surface area contributed by atoms with Crippen LogP contribution in [0.2, 0.25) is 0 Å². The Morgan fingerprint density at radius 1 is 1.42 bits per heavy atom. The highest BCUT2D eigenvalue weighted by atomic mass is 16.2. The molecule has 0 unspecified atom stereocenters. The summed E-state index contributed by atoms with van der Waals surface area (Å²) in [5.41, 5.74) is -0.530. The second-order valence-corrected chi connectivity index (χ2v) is 6.06. The SMILES string of the molecule is C[C@H](NC(=O)C(C)(C)C)C(=O)N(C)[C@@H]1CNC(=O)C1. The van der Waals surface area contributed by atoms with E-state index < -0.39 is 11.5 Å². The second-order valence-electron chi connectivity index (χ2n) is 6.06. The van der Waals surface area contributed by atoms with Crippen molar-refractivity contribution in [1.82, 2.24) is 15.5 Å². The molecule has 0 aromatic heterocycles. The van der Waals surface area contributed by atoms with Gasteiger partial charge in [0.05, 0.1) is 6.04 Å². The third-order valence-corrected chi connectivity index (χ3v) is 3.25. The predicted octanol–water partition coefficient (Wildman–Crippen LogP) is -0.116. The van der Waals surface area contributed by atoms with Gasteiger partial charge in [-0.3, -0.25) is 14.4 Å². The predicted molar refractivity (Wildman–Crippen MR) is 71.2 cm³/mol. The van der Waals surface area contributed by atoms with Crippen molar-refractivity contribution in [3.05, 3.63) is 0 Å². The molecule has 1 aliphatic heterocycles. The van der Waals surface area contributed by atoms with Crippen LogP contribution in [0.15, 0.2) is 0 Å². The lowest BCUT2D eigenvalue weighted by atomic mass is 9.95. The molecule has 0 aromatic carbocycles. The molecular formula is C13H23N3O3. The molecule has 108 valence electrons. The largest absolute Gasteiger partial charge is 0.354 e. The Hall–Kier alpha value is -1.59. The summed E-state index contributed by atoms with van der Waals surface area (Å²) in [7, 11) is 1.66. The van der Waals surface area contributed by atoms with E-state index in [4.69, 9.17) is 0 Å². The van der Waals surface area contributed by atoms with Gasteiger partial charge in [-0.05, 0) is 6.92 Å². The van der Waals surface area contributed by atoms with E-state index in [1.165, 1.54) is 4.90 Å². The summed E-state index contributed by atoms with van der Waals surface area (Å²) in [6, 6.07) is -0.721. The molecule has 1 saturated heterocycles. The number of nitrogens with one attached hydrogen (secondary N) is 2. The summed E-state index contributed by atoms with van der Waals surface area (Å²) in [6.07, 6.45) is 0.322. The average molecular weight is 269 g/mol. The van der Waals surface area contributed by atoms with Crippen molar-refractivity contribution in [2.75, 3.05) is 13.6 Å². The fourth-order valence-corrected chi connectivity index (χ4v) is 1.82. The topological polar surface area (TPSA) is 78.5 Å². The molecule has 2 atom stereocenters. The molecule has 1 fully saturated rings. The van der Waals surface area contributed by atoms with Gasteiger partial charge in [-0.1, -0.05) is 20.8 Å². The van der Waals surface area contributed by atoms with E-state index in [1.807, 2.05) is 0 Å². The zero-order valence-electron chi connectivity index (χ0n) is 12.2. The summed E-state index contributed by atoms with van der Waals surface area (Å²) in [4.78, 5) is 36.7. The Morgan fingerprint density at radius 3 is 2.42 bits per heavy atom. The van der Waals surface area contributed by atoms with Crippen molar-refractivity contribution in [2.45, 2.75) is 46.2 Å². The van der Waals surface area contributed by atoms with E-state index in [-0.39, 0.29) is 23.8 Å². The fraction of sp³-hybridized carbons (Fsp3) is 0.769. The van der Waals surface area contributed by atoms with E-state index >= 15 is 0 Å². The maximum atomic E-state index is 12.2. The Balaban J connectivity index is 2.57. The van der Waals surface area contributed by atoms with Crippen molar-refractivity contribution < 1.29 is 14.4 Å². The van der Waals surface area contributed by atoms with Crippen molar-refractivity contribution in [3.63, 3.8) is 0 Å². The molecule has 6 heteroatoms. The molecule has 19 heavy (non-hydrogen) atoms. The Morgan fingerprint density at radius 2 is 2.00 bits per heavy atom. The van der Waals surface area contributed by atoms with Crippen LogP contribution in [0.5, 0.6) is 0 Å². The van der Waals surface area contributed by atoms with Gasteiger partial charge in [0.15, 0.2) is 0 Å². The van der Waals surface area contributed by atoms with Gasteiger partial charge >= 0.3 is 0 Å². The monoisotopic (exact) mass is 269 g/mol. The van der Waals surface area contributed by atoms with Crippen LogP contribution in [0.4, 0.5) is 0 Å². The molecule has 1 aliphatic rings. The van der Waals surface area contributed by atoms with Crippen molar-refractivity contribution in [2.24, 2.45) is 5.41 Å². The van der Waals surface area contributed by atoms with Crippen LogP contribution in [-0.2, 0) is 14.4 Å². The van der Waals surface area contributed by atoms with Gasteiger partial charge < -0.3 is 15.5 Å². The Kier molecular flexibility index (Phi) is 4.55. The van der Waals surface area contributed by atoms with Crippen molar-refractivity contribution in [1.29, 1.82) is 0 Å². The van der Waals surface area contributed by atoms with Crippen LogP contribution in [0, 0.1) is 5.41 Å². The molecule has 6 nitrogen and oxygen atoms in total. The summed E-state index contributed by atoms with van der Waals surface area (Å²) in [6.45, 7) is 7.52. The quantitative estimate of drug-likeness (QED) is 0.750. The highest BCUT2D eigenvalue weighted by Gasteiger charge is 2.32. The summed E-state index contributed by atoms with van der Waals surface area (Å²) < 4.78 is 0. The standard InChI is InChI=1S/C13H23N3O3/c1-8(15-12(19)13(2,3)4)11(18)16(5)9-6-10(17)14-7-9/h8-9H,6-7H2,1-5H3,(H,14,17)(H,15,19)/t8-,9-/m0/s1. The van der Waals surface area contributed by atoms with Gasteiger partial charge in [0.2, 0.25) is 17.7 Å². The number of carbonyl (C=O) groups is 3. The summed E-state index contributed by atoms with van der Waals surface area (Å²) in [5, 5.41) is 5.39. The maximum absolute atomic E-state index is 12.2. The molecular weight excluding hydrogens is 246 g/mol. The van der Waals surface area contributed by atoms with Gasteiger partial charge in [0, 0.05) is 25.4 Å². The van der Waals surface area contributed by atoms with Gasteiger partial charge in [-0.25, -0.2) is 0 Å². The van der Waals surface area contributed by atoms with Crippen LogP contribution in [0.25, 0.3) is 0 Å². The van der Waals surface area contributed by atoms with Crippen LogP contribution < -0.4 is 10.6 Å². The van der Waals surface area contributed by atoms with Gasteiger partial charge in [0.1, 0.15) is 6.04 Å². The number of rotatable bonds is 3. The van der Waals surface area contributed by atoms with Gasteiger partial charge in [0.25, 0.3) is 0 Å². The third-order valence-electron chi connectivity index (χ3n) is 3.25. The maximum Gasteiger partial charge on any atom is 0.244 e. The lowest BCUT2D eigenvalue weighted by Crippen LogP contribution is -2.51. The first-order chi connectivity index (χ1) is 8.62. The zero-order chi connectivity index (χ0) is 14.8. The summed E-state index contributed by atoms with van der Waals surface area (Å²) in [5.74, 6) is -0.391. The molecule has 1 heterocycles. The molecule has 2 N–H and O–H groups in total. The summed E-state index contributed by atoms with van der Waals surface area (Å²) >= 11 is 0. The number of hydrogen-bond acceptors (Lipinski definition) is 3. The van der Waals surface area contributed by atoms with E-state index in [1.54, 1.807) is 34.7 Å². The number of hydrogen-bond donors (Lipinski definition) is 2. The number of nitrogens with zero attached hydrogens (tertiary/aromatic N) is 1. The second kappa shape index (κ2) is 5.59. The van der Waals surface area contributed by atoms with E-state index in [9.17, 15) is 14.4 Å². The Labute approximate surface area is 113 Å². The number of likely N-dealkylation sites (N-methyl/N-ethyl adjacent to an activating group) is 1. The van der Waals surface area contributed by atoms with Gasteiger partial charge in [-0.15, -0.1) is 0 Å². The van der Waals surface area contributed by atoms with Crippen LogP contribution >= 0.6 is 0 Å². The number of carbonyl (C=O) groups excluding carboxylic acids is 3. The lowest BCUT2D eigenvalue weighted by Gasteiger charge is -2.28. The molecule has 3 amide bonds. The lowest BCUT2D eigenvalue weighted by molar-refractivity contribution is -0.138. The minimum absolute atomic E-state index is 0.0453.